The molecule has 1 aliphatic heterocycles. The molecule has 0 bridgehead atoms. The van der Waals surface area contributed by atoms with E-state index in [0.717, 1.165) is 19.1 Å². The maximum atomic E-state index is 9.40. The van der Waals surface area contributed by atoms with E-state index in [0.29, 0.717) is 6.04 Å². The highest BCUT2D eigenvalue weighted by molar-refractivity contribution is 8.13. The quantitative estimate of drug-likeness (QED) is 0.630. The van der Waals surface area contributed by atoms with E-state index in [2.05, 4.69) is 65.9 Å². The van der Waals surface area contributed by atoms with Gasteiger partial charge in [0.2, 0.25) is 9.05 Å². The van der Waals surface area contributed by atoms with E-state index in [1.165, 1.54) is 11.4 Å². The number of hydrogen-bond acceptors (Lipinski definition) is 6. The molecule has 27 heavy (non-hydrogen) atoms. The van der Waals surface area contributed by atoms with Gasteiger partial charge in [-0.15, -0.1) is 0 Å². The van der Waals surface area contributed by atoms with Gasteiger partial charge in [-0.25, -0.2) is 13.4 Å². The van der Waals surface area contributed by atoms with E-state index in [9.17, 15) is 8.42 Å². The first-order valence-corrected chi connectivity index (χ1v) is 10.0. The van der Waals surface area contributed by atoms with E-state index >= 15 is 0 Å². The monoisotopic (exact) mass is 430 g/mol. The van der Waals surface area contributed by atoms with Crippen LogP contribution in [0.15, 0.2) is 17.8 Å². The highest BCUT2D eigenvalue weighted by Gasteiger charge is 2.18. The second-order valence-corrected chi connectivity index (χ2v) is 8.42. The Balaban J connectivity index is -0.0000000838. The molecule has 1 N–H and O–H groups in total. The molecule has 7 nitrogen and oxygen atoms in total. The van der Waals surface area contributed by atoms with Crippen LogP contribution in [0, 0.1) is 13.8 Å². The molecular weight excluding hydrogens is 388 g/mol. The van der Waals surface area contributed by atoms with Crippen LogP contribution >= 0.6 is 10.7 Å². The van der Waals surface area contributed by atoms with Crippen LogP contribution in [-0.2, 0) is 16.1 Å². The van der Waals surface area contributed by atoms with Crippen LogP contribution in [0.25, 0.3) is 0 Å². The molecule has 0 aromatic carbocycles. The van der Waals surface area contributed by atoms with Gasteiger partial charge in [-0.3, -0.25) is 4.68 Å². The molecule has 1 unspecified atom stereocenters. The third-order valence-electron chi connectivity index (χ3n) is 3.29. The van der Waals surface area contributed by atoms with Gasteiger partial charge in [-0.1, -0.05) is 22.3 Å². The second kappa shape index (κ2) is 17.0. The Bertz CT molecular complexity index is 589. The summed E-state index contributed by atoms with van der Waals surface area (Å²) in [7, 11) is 8.43. The minimum Gasteiger partial charge on any atom is -0.400 e. The summed E-state index contributed by atoms with van der Waals surface area (Å²) in [5, 5.41) is 15.5. The van der Waals surface area contributed by atoms with Crippen LogP contribution in [0.4, 0.5) is 0 Å². The molecule has 166 valence electrons. The zero-order valence-electron chi connectivity index (χ0n) is 16.1. The molecule has 1 atom stereocenters. The molecule has 0 aliphatic carbocycles. The fourth-order valence-electron chi connectivity index (χ4n) is 1.83. The molecule has 0 amide bonds. The Labute approximate surface area is 173 Å². The normalized spacial score (nSPS) is 15.0. The van der Waals surface area contributed by atoms with Crippen molar-refractivity contribution in [2.24, 2.45) is 7.05 Å². The van der Waals surface area contributed by atoms with Crippen molar-refractivity contribution in [1.29, 1.82) is 0 Å². The molecule has 0 spiro atoms. The van der Waals surface area contributed by atoms with Gasteiger partial charge in [0.1, 0.15) is 0 Å². The van der Waals surface area contributed by atoms with E-state index < -0.39 is 9.05 Å². The van der Waals surface area contributed by atoms with Crippen molar-refractivity contribution < 1.29 is 13.5 Å². The summed E-state index contributed by atoms with van der Waals surface area (Å²) in [6.07, 6.45) is 3.18. The van der Waals surface area contributed by atoms with Crippen LogP contribution in [0.1, 0.15) is 47.5 Å². The van der Waals surface area contributed by atoms with Crippen molar-refractivity contribution in [2.45, 2.75) is 56.0 Å². The number of aromatic nitrogens is 2. The number of hydrogen-bond donors (Lipinski definition) is 1. The number of likely N-dealkylation sites (N-methyl/N-ethyl adjacent to an activating group) is 1. The maximum Gasteiger partial charge on any atom is 0.229 e. The molecule has 0 radical (unpaired) electrons. The lowest BCUT2D eigenvalue weighted by Gasteiger charge is -2.26. The molecule has 1 aliphatic rings. The summed E-state index contributed by atoms with van der Waals surface area (Å²) < 4.78 is 20.7. The smallest absolute Gasteiger partial charge is 0.229 e. The number of allylic oxidation sites excluding steroid dienone is 1. The lowest BCUT2D eigenvalue weighted by Crippen LogP contribution is -2.34. The van der Waals surface area contributed by atoms with Crippen molar-refractivity contribution in [3.63, 3.8) is 0 Å². The SMILES string of the molecule is C.C.C.CC1=CC(C)N(C)N1C.CO.CS(=O)(=O)Cl.Cc1cc(C)n(C)n1. The molecule has 0 saturated heterocycles. The van der Waals surface area contributed by atoms with E-state index in [4.69, 9.17) is 5.11 Å². The lowest BCUT2D eigenvalue weighted by atomic mass is 10.3. The van der Waals surface area contributed by atoms with Gasteiger partial charge >= 0.3 is 0 Å². The average molecular weight is 431 g/mol. The lowest BCUT2D eigenvalue weighted by molar-refractivity contribution is 0.0693. The Morgan fingerprint density at radius 1 is 1.07 bits per heavy atom. The summed E-state index contributed by atoms with van der Waals surface area (Å²) >= 11 is 0. The van der Waals surface area contributed by atoms with Crippen LogP contribution < -0.4 is 0 Å². The van der Waals surface area contributed by atoms with Gasteiger partial charge in [-0.05, 0) is 39.8 Å². The fourth-order valence-corrected chi connectivity index (χ4v) is 1.83. The fraction of sp³-hybridized carbons (Fsp3) is 0.722. The zero-order valence-corrected chi connectivity index (χ0v) is 17.6. The Morgan fingerprint density at radius 2 is 1.44 bits per heavy atom. The summed E-state index contributed by atoms with van der Waals surface area (Å²) in [5.41, 5.74) is 3.64. The molecular formula is C18H43ClN4O3S. The maximum absolute atomic E-state index is 9.40. The third-order valence-corrected chi connectivity index (χ3v) is 3.29. The Hall–Kier alpha value is -1.09. The highest BCUT2D eigenvalue weighted by Crippen LogP contribution is 2.16. The second-order valence-electron chi connectivity index (χ2n) is 5.38. The number of aryl methyl sites for hydroxylation is 3. The third kappa shape index (κ3) is 18.1. The molecule has 9 heteroatoms. The molecule has 2 heterocycles. The molecule has 0 fully saturated rings. The molecule has 1 aromatic heterocycles. The van der Waals surface area contributed by atoms with Gasteiger partial charge in [0, 0.05) is 56.4 Å². The van der Waals surface area contributed by atoms with Crippen molar-refractivity contribution >= 4 is 19.7 Å². The predicted molar refractivity (Wildman–Crippen MR) is 120 cm³/mol. The minimum atomic E-state index is -3.19. The minimum absolute atomic E-state index is 0. The highest BCUT2D eigenvalue weighted by atomic mass is 35.7. The van der Waals surface area contributed by atoms with Crippen LogP contribution in [0.3, 0.4) is 0 Å². The standard InChI is InChI=1S/C7H14N2.C6H10N2.CH3ClO2S.CH4O.3CH4/c1-6-5-7(2)9(4)8(6)3;1-5-4-6(2)8(3)7-5;1-5(2,3)4;1-2;;;/h5-6H,1-4H3;4H,1-3H3;1H3;2H,1H3;3*1H4. The van der Waals surface area contributed by atoms with Gasteiger partial charge in [0.25, 0.3) is 0 Å². The first kappa shape index (κ1) is 36.8. The van der Waals surface area contributed by atoms with Gasteiger partial charge < -0.3 is 10.1 Å². The molecule has 0 saturated carbocycles. The number of halogens is 1. The summed E-state index contributed by atoms with van der Waals surface area (Å²) in [6.45, 7) is 8.35. The molecule has 2 rings (SSSR count). The van der Waals surface area contributed by atoms with Gasteiger partial charge in [0.05, 0.1) is 11.9 Å². The predicted octanol–water partition coefficient (Wildman–Crippen LogP) is 3.81. The number of rotatable bonds is 0. The van der Waals surface area contributed by atoms with Crippen LogP contribution in [-0.4, -0.2) is 66.8 Å². The molecule has 1 aromatic rings. The number of nitrogens with zero attached hydrogens (tertiary/aromatic N) is 4. The van der Waals surface area contributed by atoms with E-state index in [1.807, 2.05) is 25.6 Å². The topological polar surface area (TPSA) is 78.7 Å². The first-order valence-electron chi connectivity index (χ1n) is 7.29. The van der Waals surface area contributed by atoms with Crippen LogP contribution in [0.5, 0.6) is 0 Å². The van der Waals surface area contributed by atoms with Crippen molar-refractivity contribution in [2.75, 3.05) is 27.5 Å². The first-order chi connectivity index (χ1) is 10.8. The number of aliphatic hydroxyl groups excluding tert-OH is 1. The van der Waals surface area contributed by atoms with Gasteiger partial charge in [0.15, 0.2) is 0 Å². The van der Waals surface area contributed by atoms with Gasteiger partial charge in [-0.2, -0.15) is 5.10 Å². The summed E-state index contributed by atoms with van der Waals surface area (Å²) in [5.74, 6) is 0. The van der Waals surface area contributed by atoms with Crippen molar-refractivity contribution in [3.8, 4) is 0 Å². The van der Waals surface area contributed by atoms with Crippen LogP contribution in [0.2, 0.25) is 0 Å². The van der Waals surface area contributed by atoms with E-state index in [1.54, 1.807) is 0 Å². The largest absolute Gasteiger partial charge is 0.400 e. The Kier molecular flexibility index (Phi) is 23.2. The Morgan fingerprint density at radius 3 is 1.52 bits per heavy atom. The number of aliphatic hydroxyl groups is 1. The van der Waals surface area contributed by atoms with Crippen molar-refractivity contribution in [3.05, 3.63) is 29.2 Å². The average Bonchev–Trinajstić information content (AvgIpc) is 2.84. The van der Waals surface area contributed by atoms with Crippen molar-refractivity contribution in [1.82, 2.24) is 19.8 Å². The van der Waals surface area contributed by atoms with E-state index in [-0.39, 0.29) is 22.3 Å². The zero-order chi connectivity index (χ0) is 19.7. The summed E-state index contributed by atoms with van der Waals surface area (Å²) in [6, 6.07) is 2.62. The summed E-state index contributed by atoms with van der Waals surface area (Å²) in [4.78, 5) is 0. The number of hydrazine groups is 1.